The first kappa shape index (κ1) is 13.8. The lowest BCUT2D eigenvalue weighted by Gasteiger charge is -2.08. The molecule has 1 N–H and O–H groups in total. The molecule has 1 aromatic carbocycles. The van der Waals surface area contributed by atoms with Gasteiger partial charge in [-0.3, -0.25) is 4.79 Å². The van der Waals surface area contributed by atoms with Crippen LogP contribution in [0.3, 0.4) is 0 Å². The standard InChI is InChI=1S/C12H12F2N2O2S/c1-7-3-2-4-8-11(7)16(5-9(13)14)12(15-8)19-6-10(17)18/h2-4,9H,5-6H2,1H3,(H,17,18). The van der Waals surface area contributed by atoms with Gasteiger partial charge in [-0.15, -0.1) is 0 Å². The molecule has 0 fully saturated rings. The zero-order valence-corrected chi connectivity index (χ0v) is 11.0. The van der Waals surface area contributed by atoms with E-state index in [1.165, 1.54) is 4.57 Å². The van der Waals surface area contributed by atoms with Crippen LogP contribution in [0.4, 0.5) is 8.78 Å². The van der Waals surface area contributed by atoms with Crippen molar-refractivity contribution in [1.29, 1.82) is 0 Å². The second-order valence-corrected chi connectivity index (χ2v) is 4.96. The van der Waals surface area contributed by atoms with Crippen LogP contribution in [0.25, 0.3) is 11.0 Å². The van der Waals surface area contributed by atoms with Crippen LogP contribution in [0.2, 0.25) is 0 Å². The molecule has 0 aliphatic rings. The number of aliphatic carboxylic acids is 1. The van der Waals surface area contributed by atoms with Gasteiger partial charge in [0.05, 0.1) is 23.3 Å². The maximum absolute atomic E-state index is 12.7. The van der Waals surface area contributed by atoms with E-state index in [0.29, 0.717) is 16.2 Å². The highest BCUT2D eigenvalue weighted by molar-refractivity contribution is 7.99. The Morgan fingerprint density at radius 2 is 2.26 bits per heavy atom. The highest BCUT2D eigenvalue weighted by Gasteiger charge is 2.17. The number of aryl methyl sites for hydroxylation is 1. The van der Waals surface area contributed by atoms with Crippen LogP contribution in [0.1, 0.15) is 5.56 Å². The Labute approximate surface area is 112 Å². The number of carboxylic acids is 1. The Balaban J connectivity index is 2.49. The van der Waals surface area contributed by atoms with Crippen LogP contribution in [-0.4, -0.2) is 32.8 Å². The van der Waals surface area contributed by atoms with E-state index in [1.54, 1.807) is 12.1 Å². The molecule has 4 nitrogen and oxygen atoms in total. The highest BCUT2D eigenvalue weighted by atomic mass is 32.2. The van der Waals surface area contributed by atoms with E-state index in [0.717, 1.165) is 17.3 Å². The van der Waals surface area contributed by atoms with Crippen LogP contribution in [0.5, 0.6) is 0 Å². The van der Waals surface area contributed by atoms with E-state index >= 15 is 0 Å². The molecule has 2 rings (SSSR count). The summed E-state index contributed by atoms with van der Waals surface area (Å²) in [5, 5.41) is 8.98. The third-order valence-corrected chi connectivity index (χ3v) is 3.54. The van der Waals surface area contributed by atoms with Crippen LogP contribution in [-0.2, 0) is 11.3 Å². The van der Waals surface area contributed by atoms with Crippen molar-refractivity contribution in [3.05, 3.63) is 23.8 Å². The number of alkyl halides is 2. The lowest BCUT2D eigenvalue weighted by atomic mass is 10.2. The SMILES string of the molecule is Cc1cccc2nc(SCC(=O)O)n(CC(F)F)c12. The fraction of sp³-hybridized carbons (Fsp3) is 0.333. The summed E-state index contributed by atoms with van der Waals surface area (Å²) in [6.45, 7) is 1.33. The Kier molecular flexibility index (Phi) is 4.04. The zero-order chi connectivity index (χ0) is 14.0. The van der Waals surface area contributed by atoms with Crippen LogP contribution < -0.4 is 0 Å². The van der Waals surface area contributed by atoms with Crippen LogP contribution >= 0.6 is 11.8 Å². The molecule has 0 amide bonds. The van der Waals surface area contributed by atoms with Crippen molar-refractivity contribution in [2.45, 2.75) is 25.1 Å². The van der Waals surface area contributed by atoms with E-state index in [2.05, 4.69) is 4.98 Å². The Bertz CT molecular complexity index is 613. The molecule has 0 saturated heterocycles. The molecule has 19 heavy (non-hydrogen) atoms. The number of fused-ring (bicyclic) bond motifs is 1. The average Bonchev–Trinajstić information content (AvgIpc) is 2.65. The number of halogens is 2. The van der Waals surface area contributed by atoms with Crippen molar-refractivity contribution in [3.8, 4) is 0 Å². The molecule has 7 heteroatoms. The minimum Gasteiger partial charge on any atom is -0.481 e. The highest BCUT2D eigenvalue weighted by Crippen LogP contribution is 2.27. The molecule has 0 unspecified atom stereocenters. The second kappa shape index (κ2) is 5.56. The van der Waals surface area contributed by atoms with Crippen molar-refractivity contribution in [3.63, 3.8) is 0 Å². The van der Waals surface area contributed by atoms with E-state index in [9.17, 15) is 13.6 Å². The number of hydrogen-bond donors (Lipinski definition) is 1. The maximum atomic E-state index is 12.7. The number of rotatable bonds is 5. The number of hydrogen-bond acceptors (Lipinski definition) is 3. The Morgan fingerprint density at radius 3 is 2.89 bits per heavy atom. The molecule has 0 radical (unpaired) electrons. The first-order valence-corrected chi connectivity index (χ1v) is 6.56. The van der Waals surface area contributed by atoms with Gasteiger partial charge in [0.25, 0.3) is 6.43 Å². The molecular formula is C12H12F2N2O2S. The van der Waals surface area contributed by atoms with Crippen molar-refractivity contribution >= 4 is 28.8 Å². The molecular weight excluding hydrogens is 274 g/mol. The monoisotopic (exact) mass is 286 g/mol. The number of benzene rings is 1. The van der Waals surface area contributed by atoms with Gasteiger partial charge < -0.3 is 9.67 Å². The third kappa shape index (κ3) is 3.04. The van der Waals surface area contributed by atoms with E-state index in [1.807, 2.05) is 13.0 Å². The third-order valence-electron chi connectivity index (χ3n) is 2.58. The van der Waals surface area contributed by atoms with Crippen LogP contribution in [0.15, 0.2) is 23.4 Å². The zero-order valence-electron chi connectivity index (χ0n) is 10.1. The van der Waals surface area contributed by atoms with Crippen molar-refractivity contribution in [1.82, 2.24) is 9.55 Å². The number of imidazole rings is 1. The largest absolute Gasteiger partial charge is 0.481 e. The quantitative estimate of drug-likeness (QED) is 0.859. The molecule has 0 spiro atoms. The summed E-state index contributed by atoms with van der Waals surface area (Å²) in [4.78, 5) is 14.8. The number of para-hydroxylation sites is 1. The van der Waals surface area contributed by atoms with Gasteiger partial charge in [-0.05, 0) is 18.6 Å². The molecule has 1 aromatic heterocycles. The van der Waals surface area contributed by atoms with Gasteiger partial charge in [0, 0.05) is 0 Å². The molecule has 102 valence electrons. The summed E-state index contributed by atoms with van der Waals surface area (Å²) in [7, 11) is 0. The molecule has 1 heterocycles. The topological polar surface area (TPSA) is 55.1 Å². The lowest BCUT2D eigenvalue weighted by Crippen LogP contribution is -2.09. The number of carboxylic acid groups (broad SMARTS) is 1. The molecule has 0 bridgehead atoms. The van der Waals surface area contributed by atoms with E-state index in [4.69, 9.17) is 5.11 Å². The summed E-state index contributed by atoms with van der Waals surface area (Å²) in [6, 6.07) is 5.34. The fourth-order valence-electron chi connectivity index (χ4n) is 1.89. The van der Waals surface area contributed by atoms with Crippen molar-refractivity contribution < 1.29 is 18.7 Å². The van der Waals surface area contributed by atoms with Crippen molar-refractivity contribution in [2.24, 2.45) is 0 Å². The van der Waals surface area contributed by atoms with Gasteiger partial charge in [0.2, 0.25) is 0 Å². The average molecular weight is 286 g/mol. The number of aromatic nitrogens is 2. The number of carbonyl (C=O) groups is 1. The summed E-state index contributed by atoms with van der Waals surface area (Å²) in [6.07, 6.45) is -2.51. The number of nitrogens with zero attached hydrogens (tertiary/aromatic N) is 2. The molecule has 2 aromatic rings. The van der Waals surface area contributed by atoms with Gasteiger partial charge in [-0.25, -0.2) is 13.8 Å². The van der Waals surface area contributed by atoms with Gasteiger partial charge in [0.15, 0.2) is 5.16 Å². The van der Waals surface area contributed by atoms with Crippen molar-refractivity contribution in [2.75, 3.05) is 5.75 Å². The smallest absolute Gasteiger partial charge is 0.313 e. The van der Waals surface area contributed by atoms with Gasteiger partial charge >= 0.3 is 5.97 Å². The predicted octanol–water partition coefficient (Wildman–Crippen LogP) is 2.79. The van der Waals surface area contributed by atoms with Gasteiger partial charge in [0.1, 0.15) is 0 Å². The minimum atomic E-state index is -2.51. The fourth-order valence-corrected chi connectivity index (χ4v) is 2.62. The molecule has 0 aliphatic carbocycles. The molecule has 0 atom stereocenters. The summed E-state index contributed by atoms with van der Waals surface area (Å²) in [5.41, 5.74) is 2.08. The lowest BCUT2D eigenvalue weighted by molar-refractivity contribution is -0.133. The van der Waals surface area contributed by atoms with Crippen LogP contribution in [0, 0.1) is 6.92 Å². The predicted molar refractivity (Wildman–Crippen MR) is 68.8 cm³/mol. The Hall–Kier alpha value is -1.63. The normalized spacial score (nSPS) is 11.4. The minimum absolute atomic E-state index is 0.203. The first-order chi connectivity index (χ1) is 8.99. The van der Waals surface area contributed by atoms with Gasteiger partial charge in [-0.2, -0.15) is 0 Å². The molecule has 0 aliphatic heterocycles. The summed E-state index contributed by atoms with van der Waals surface area (Å²) < 4.78 is 26.7. The Morgan fingerprint density at radius 1 is 1.53 bits per heavy atom. The van der Waals surface area contributed by atoms with Gasteiger partial charge in [-0.1, -0.05) is 23.9 Å². The van der Waals surface area contributed by atoms with E-state index in [-0.39, 0.29) is 5.75 Å². The maximum Gasteiger partial charge on any atom is 0.313 e. The number of thioether (sulfide) groups is 1. The van der Waals surface area contributed by atoms with E-state index < -0.39 is 18.9 Å². The second-order valence-electron chi connectivity index (χ2n) is 4.02. The molecule has 0 saturated carbocycles. The first-order valence-electron chi connectivity index (χ1n) is 5.57. The summed E-state index contributed by atoms with van der Waals surface area (Å²) >= 11 is 0.951. The summed E-state index contributed by atoms with van der Waals surface area (Å²) in [5.74, 6) is -1.21.